The SMILES string of the molecule is C=CC[C@@H](OC(=O)C=C)[C@H](OC(C)=O)[C@H](OC(C)=O)[C@H](CCCC)OC(C)=O. The first-order valence-electron chi connectivity index (χ1n) is 9.11. The molecule has 0 saturated heterocycles. The van der Waals surface area contributed by atoms with E-state index in [1.807, 2.05) is 6.92 Å². The van der Waals surface area contributed by atoms with Gasteiger partial charge in [-0.15, -0.1) is 6.58 Å². The molecule has 0 aromatic rings. The van der Waals surface area contributed by atoms with Crippen LogP contribution in [0.3, 0.4) is 0 Å². The van der Waals surface area contributed by atoms with E-state index >= 15 is 0 Å². The summed E-state index contributed by atoms with van der Waals surface area (Å²) in [7, 11) is 0. The van der Waals surface area contributed by atoms with Crippen molar-refractivity contribution in [2.24, 2.45) is 0 Å². The fourth-order valence-corrected chi connectivity index (χ4v) is 2.61. The van der Waals surface area contributed by atoms with Gasteiger partial charge < -0.3 is 18.9 Å². The minimum absolute atomic E-state index is 0.107. The van der Waals surface area contributed by atoms with Crippen molar-refractivity contribution in [3.63, 3.8) is 0 Å². The molecule has 28 heavy (non-hydrogen) atoms. The van der Waals surface area contributed by atoms with Crippen molar-refractivity contribution in [1.82, 2.24) is 0 Å². The third-order valence-corrected chi connectivity index (χ3v) is 3.65. The maximum Gasteiger partial charge on any atom is 0.330 e. The molecule has 0 radical (unpaired) electrons. The summed E-state index contributed by atoms with van der Waals surface area (Å²) < 4.78 is 21.4. The zero-order valence-electron chi connectivity index (χ0n) is 17.0. The van der Waals surface area contributed by atoms with Gasteiger partial charge in [-0.25, -0.2) is 4.79 Å². The number of ether oxygens (including phenoxy) is 4. The molecule has 0 saturated carbocycles. The van der Waals surface area contributed by atoms with E-state index in [0.717, 1.165) is 12.5 Å². The Labute approximate surface area is 165 Å². The van der Waals surface area contributed by atoms with Crippen LogP contribution in [-0.2, 0) is 38.1 Å². The lowest BCUT2D eigenvalue weighted by molar-refractivity contribution is -0.197. The van der Waals surface area contributed by atoms with Crippen molar-refractivity contribution in [3.8, 4) is 0 Å². The van der Waals surface area contributed by atoms with E-state index in [9.17, 15) is 19.2 Å². The van der Waals surface area contributed by atoms with Crippen LogP contribution in [0.25, 0.3) is 0 Å². The molecule has 0 aliphatic carbocycles. The first-order valence-corrected chi connectivity index (χ1v) is 9.11. The summed E-state index contributed by atoms with van der Waals surface area (Å²) in [5, 5.41) is 0. The largest absolute Gasteiger partial charge is 0.458 e. The van der Waals surface area contributed by atoms with Crippen molar-refractivity contribution >= 4 is 23.9 Å². The highest BCUT2D eigenvalue weighted by Crippen LogP contribution is 2.24. The molecule has 0 aromatic carbocycles. The number of carbonyl (C=O) groups is 4. The summed E-state index contributed by atoms with van der Waals surface area (Å²) in [6.45, 7) is 12.5. The summed E-state index contributed by atoms with van der Waals surface area (Å²) in [4.78, 5) is 46.8. The Morgan fingerprint density at radius 1 is 0.821 bits per heavy atom. The highest BCUT2D eigenvalue weighted by atomic mass is 16.6. The fraction of sp³-hybridized carbons (Fsp3) is 0.600. The van der Waals surface area contributed by atoms with E-state index in [1.54, 1.807) is 0 Å². The van der Waals surface area contributed by atoms with Crippen LogP contribution in [0.15, 0.2) is 25.3 Å². The highest BCUT2D eigenvalue weighted by Gasteiger charge is 2.42. The molecule has 0 bridgehead atoms. The molecule has 0 spiro atoms. The van der Waals surface area contributed by atoms with E-state index in [-0.39, 0.29) is 6.42 Å². The van der Waals surface area contributed by atoms with Crippen molar-refractivity contribution in [1.29, 1.82) is 0 Å². The maximum absolute atomic E-state index is 11.7. The summed E-state index contributed by atoms with van der Waals surface area (Å²) >= 11 is 0. The minimum atomic E-state index is -1.20. The van der Waals surface area contributed by atoms with Gasteiger partial charge in [-0.05, 0) is 12.8 Å². The number of carbonyl (C=O) groups excluding carboxylic acids is 4. The van der Waals surface area contributed by atoms with Gasteiger partial charge in [0.2, 0.25) is 0 Å². The predicted octanol–water partition coefficient (Wildman–Crippen LogP) is 2.65. The molecule has 158 valence electrons. The quantitative estimate of drug-likeness (QED) is 0.202. The van der Waals surface area contributed by atoms with Gasteiger partial charge in [-0.2, -0.15) is 0 Å². The Balaban J connectivity index is 6.08. The summed E-state index contributed by atoms with van der Waals surface area (Å²) in [5.41, 5.74) is 0. The topological polar surface area (TPSA) is 105 Å². The first-order chi connectivity index (χ1) is 13.2. The number of esters is 4. The van der Waals surface area contributed by atoms with Gasteiger partial charge >= 0.3 is 23.9 Å². The summed E-state index contributed by atoms with van der Waals surface area (Å²) in [6, 6.07) is 0. The third-order valence-electron chi connectivity index (χ3n) is 3.65. The first kappa shape index (κ1) is 25.4. The predicted molar refractivity (Wildman–Crippen MR) is 101 cm³/mol. The molecule has 0 unspecified atom stereocenters. The molecule has 8 heteroatoms. The van der Waals surface area contributed by atoms with Gasteiger partial charge in [0.15, 0.2) is 12.2 Å². The van der Waals surface area contributed by atoms with E-state index in [0.29, 0.717) is 12.8 Å². The van der Waals surface area contributed by atoms with Crippen molar-refractivity contribution in [2.75, 3.05) is 0 Å². The molecule has 0 aromatic heterocycles. The van der Waals surface area contributed by atoms with Crippen molar-refractivity contribution in [3.05, 3.63) is 25.3 Å². The van der Waals surface area contributed by atoms with Crippen LogP contribution < -0.4 is 0 Å². The second-order valence-corrected chi connectivity index (χ2v) is 6.14. The Morgan fingerprint density at radius 3 is 1.71 bits per heavy atom. The van der Waals surface area contributed by atoms with E-state index in [1.165, 1.54) is 26.8 Å². The molecular weight excluding hydrogens is 368 g/mol. The standard InChI is InChI=1S/C20H30O8/c1-7-10-12-17(25-13(4)21)20(27-15(6)23)19(26-14(5)22)16(11-8-2)28-18(24)9-3/h8-9,16-17,19-20H,2-3,7,10-12H2,1,4-6H3/t16-,17+,19+,20-/m1/s1. The van der Waals surface area contributed by atoms with Gasteiger partial charge in [0, 0.05) is 33.3 Å². The molecule has 0 N–H and O–H groups in total. The monoisotopic (exact) mass is 398 g/mol. The van der Waals surface area contributed by atoms with Gasteiger partial charge in [-0.3, -0.25) is 14.4 Å². The average molecular weight is 398 g/mol. The van der Waals surface area contributed by atoms with Crippen molar-refractivity contribution in [2.45, 2.75) is 77.8 Å². The zero-order valence-corrected chi connectivity index (χ0v) is 17.0. The zero-order chi connectivity index (χ0) is 21.7. The number of hydrogen-bond acceptors (Lipinski definition) is 8. The van der Waals surface area contributed by atoms with Gasteiger partial charge in [0.25, 0.3) is 0 Å². The molecule has 0 rings (SSSR count). The lowest BCUT2D eigenvalue weighted by atomic mass is 9.96. The molecule has 0 aliphatic rings. The Bertz CT molecular complexity index is 569. The van der Waals surface area contributed by atoms with Crippen LogP contribution in [0.2, 0.25) is 0 Å². The minimum Gasteiger partial charge on any atom is -0.458 e. The lowest BCUT2D eigenvalue weighted by Gasteiger charge is -2.35. The second-order valence-electron chi connectivity index (χ2n) is 6.14. The van der Waals surface area contributed by atoms with Gasteiger partial charge in [0.05, 0.1) is 0 Å². The molecule has 4 atom stereocenters. The van der Waals surface area contributed by atoms with E-state index < -0.39 is 48.3 Å². The molecule has 0 fully saturated rings. The maximum atomic E-state index is 11.7. The number of rotatable bonds is 13. The van der Waals surface area contributed by atoms with Crippen molar-refractivity contribution < 1.29 is 38.1 Å². The van der Waals surface area contributed by atoms with Crippen LogP contribution in [0, 0.1) is 0 Å². The van der Waals surface area contributed by atoms with E-state index in [4.69, 9.17) is 18.9 Å². The molecule has 0 heterocycles. The molecular formula is C20H30O8. The number of hydrogen-bond donors (Lipinski definition) is 0. The van der Waals surface area contributed by atoms with Crippen LogP contribution >= 0.6 is 0 Å². The lowest BCUT2D eigenvalue weighted by Crippen LogP contribution is -2.51. The summed E-state index contributed by atoms with van der Waals surface area (Å²) in [5.74, 6) is -2.67. The second kappa shape index (κ2) is 13.5. The molecule has 0 aliphatic heterocycles. The average Bonchev–Trinajstić information content (AvgIpc) is 2.60. The smallest absolute Gasteiger partial charge is 0.330 e. The fourth-order valence-electron chi connectivity index (χ4n) is 2.61. The van der Waals surface area contributed by atoms with Crippen LogP contribution in [-0.4, -0.2) is 48.3 Å². The Hall–Kier alpha value is -2.64. The molecule has 8 nitrogen and oxygen atoms in total. The third kappa shape index (κ3) is 9.89. The van der Waals surface area contributed by atoms with Gasteiger partial charge in [-0.1, -0.05) is 26.0 Å². The van der Waals surface area contributed by atoms with Gasteiger partial charge in [0.1, 0.15) is 12.2 Å². The summed E-state index contributed by atoms with van der Waals surface area (Å²) in [6.07, 6.45) is 0.0845. The molecule has 0 amide bonds. The van der Waals surface area contributed by atoms with Crippen LogP contribution in [0.5, 0.6) is 0 Å². The van der Waals surface area contributed by atoms with Crippen LogP contribution in [0.1, 0.15) is 53.4 Å². The van der Waals surface area contributed by atoms with Crippen LogP contribution in [0.4, 0.5) is 0 Å². The highest BCUT2D eigenvalue weighted by molar-refractivity contribution is 5.81. The Kier molecular flexibility index (Phi) is 12.2. The number of unbranched alkanes of at least 4 members (excludes halogenated alkanes) is 1. The van der Waals surface area contributed by atoms with E-state index in [2.05, 4.69) is 13.2 Å². The normalized spacial score (nSPS) is 14.6. The Morgan fingerprint density at radius 2 is 1.32 bits per heavy atom.